The van der Waals surface area contributed by atoms with Crippen molar-refractivity contribution in [2.24, 2.45) is 5.92 Å². The van der Waals surface area contributed by atoms with Crippen LogP contribution in [-0.2, 0) is 22.7 Å². The molecule has 150 valence electrons. The number of carbonyl (C=O) groups excluding carboxylic acids is 2. The number of anilines is 1. The molecule has 0 aliphatic carbocycles. The molecular weight excluding hydrogens is 354 g/mol. The molecule has 0 aromatic heterocycles. The van der Waals surface area contributed by atoms with Crippen LogP contribution in [0.3, 0.4) is 0 Å². The molecule has 1 atom stereocenters. The second-order valence-electron chi connectivity index (χ2n) is 7.21. The molecule has 2 aromatic rings. The van der Waals surface area contributed by atoms with Crippen molar-refractivity contribution in [2.75, 3.05) is 19.0 Å². The minimum absolute atomic E-state index is 0.0691. The van der Waals surface area contributed by atoms with Gasteiger partial charge in [-0.05, 0) is 29.2 Å². The van der Waals surface area contributed by atoms with Crippen LogP contribution < -0.4 is 15.5 Å². The standard InChI is InChI=1S/C22H29N3O3/c1-16(2)20(24-22(27)28-15-18-8-6-5-7-9-18)21(26)23-14-17-10-12-19(13-11-17)25(3)4/h5-13,16,20H,14-15H2,1-4H3,(H,23,26)(H,24,27)/t20-/m0/s1. The molecular formula is C22H29N3O3. The van der Waals surface area contributed by atoms with Gasteiger partial charge in [-0.25, -0.2) is 4.79 Å². The lowest BCUT2D eigenvalue weighted by atomic mass is 10.0. The monoisotopic (exact) mass is 383 g/mol. The summed E-state index contributed by atoms with van der Waals surface area (Å²) in [5.74, 6) is -0.302. The fraction of sp³-hybridized carbons (Fsp3) is 0.364. The van der Waals surface area contributed by atoms with Gasteiger partial charge < -0.3 is 20.3 Å². The average Bonchev–Trinajstić information content (AvgIpc) is 2.69. The number of rotatable bonds is 8. The van der Waals surface area contributed by atoms with Gasteiger partial charge in [0.05, 0.1) is 0 Å². The van der Waals surface area contributed by atoms with Gasteiger partial charge in [-0.2, -0.15) is 0 Å². The zero-order chi connectivity index (χ0) is 20.5. The molecule has 2 amide bonds. The predicted octanol–water partition coefficient (Wildman–Crippen LogP) is 3.32. The van der Waals surface area contributed by atoms with Crippen molar-refractivity contribution in [3.8, 4) is 0 Å². The van der Waals surface area contributed by atoms with Crippen LogP contribution in [-0.4, -0.2) is 32.1 Å². The van der Waals surface area contributed by atoms with Crippen molar-refractivity contribution in [1.82, 2.24) is 10.6 Å². The van der Waals surface area contributed by atoms with Crippen LogP contribution in [0.1, 0.15) is 25.0 Å². The molecule has 0 aliphatic rings. The van der Waals surface area contributed by atoms with Gasteiger partial charge in [-0.15, -0.1) is 0 Å². The molecule has 2 aromatic carbocycles. The summed E-state index contributed by atoms with van der Waals surface area (Å²) in [6, 6.07) is 16.7. The number of hydrogen-bond acceptors (Lipinski definition) is 4. The van der Waals surface area contributed by atoms with Gasteiger partial charge in [-0.3, -0.25) is 4.79 Å². The Morgan fingerprint density at radius 3 is 2.18 bits per heavy atom. The first-order valence-corrected chi connectivity index (χ1v) is 9.38. The molecule has 0 bridgehead atoms. The van der Waals surface area contributed by atoms with Crippen LogP contribution in [0.2, 0.25) is 0 Å². The molecule has 6 nitrogen and oxygen atoms in total. The summed E-state index contributed by atoms with van der Waals surface area (Å²) < 4.78 is 5.22. The summed E-state index contributed by atoms with van der Waals surface area (Å²) >= 11 is 0. The van der Waals surface area contributed by atoms with Crippen molar-refractivity contribution in [2.45, 2.75) is 33.0 Å². The van der Waals surface area contributed by atoms with Crippen LogP contribution in [0.15, 0.2) is 54.6 Å². The zero-order valence-corrected chi connectivity index (χ0v) is 16.9. The highest BCUT2D eigenvalue weighted by Gasteiger charge is 2.24. The van der Waals surface area contributed by atoms with Gasteiger partial charge in [0, 0.05) is 26.3 Å². The number of benzene rings is 2. The molecule has 0 fully saturated rings. The van der Waals surface area contributed by atoms with E-state index in [1.165, 1.54) is 0 Å². The molecule has 0 aliphatic heterocycles. The third kappa shape index (κ3) is 6.61. The van der Waals surface area contributed by atoms with E-state index in [-0.39, 0.29) is 18.4 Å². The third-order valence-corrected chi connectivity index (χ3v) is 4.35. The lowest BCUT2D eigenvalue weighted by Crippen LogP contribution is -2.49. The molecule has 28 heavy (non-hydrogen) atoms. The summed E-state index contributed by atoms with van der Waals surface area (Å²) in [6.07, 6.45) is -0.604. The van der Waals surface area contributed by atoms with Crippen molar-refractivity contribution < 1.29 is 14.3 Å². The summed E-state index contributed by atoms with van der Waals surface area (Å²) in [4.78, 5) is 26.7. The van der Waals surface area contributed by atoms with Crippen LogP contribution in [0.5, 0.6) is 0 Å². The number of carbonyl (C=O) groups is 2. The lowest BCUT2D eigenvalue weighted by molar-refractivity contribution is -0.124. The van der Waals surface area contributed by atoms with Crippen LogP contribution >= 0.6 is 0 Å². The first-order valence-electron chi connectivity index (χ1n) is 9.38. The molecule has 6 heteroatoms. The Morgan fingerprint density at radius 2 is 1.61 bits per heavy atom. The number of nitrogens with zero attached hydrogens (tertiary/aromatic N) is 1. The van der Waals surface area contributed by atoms with E-state index in [1.807, 2.05) is 87.4 Å². The molecule has 2 N–H and O–H groups in total. The number of amides is 2. The quantitative estimate of drug-likeness (QED) is 0.734. The normalized spacial score (nSPS) is 11.6. The predicted molar refractivity (Wildman–Crippen MR) is 111 cm³/mol. The molecule has 0 saturated heterocycles. The highest BCUT2D eigenvalue weighted by molar-refractivity contribution is 5.85. The van der Waals surface area contributed by atoms with E-state index in [4.69, 9.17) is 4.74 Å². The van der Waals surface area contributed by atoms with E-state index >= 15 is 0 Å². The minimum Gasteiger partial charge on any atom is -0.445 e. The zero-order valence-electron chi connectivity index (χ0n) is 16.9. The van der Waals surface area contributed by atoms with Crippen molar-refractivity contribution in [3.05, 3.63) is 65.7 Å². The van der Waals surface area contributed by atoms with E-state index in [1.54, 1.807) is 0 Å². The third-order valence-electron chi connectivity index (χ3n) is 4.35. The topological polar surface area (TPSA) is 70.7 Å². The number of ether oxygens (including phenoxy) is 1. The summed E-state index contributed by atoms with van der Waals surface area (Å²) in [6.45, 7) is 4.33. The lowest BCUT2D eigenvalue weighted by Gasteiger charge is -2.21. The first kappa shape index (κ1) is 21.3. The maximum Gasteiger partial charge on any atom is 0.408 e. The van der Waals surface area contributed by atoms with Crippen LogP contribution in [0.25, 0.3) is 0 Å². The SMILES string of the molecule is CC(C)[C@H](NC(=O)OCc1ccccc1)C(=O)NCc1ccc(N(C)C)cc1. The molecule has 0 unspecified atom stereocenters. The molecule has 0 radical (unpaired) electrons. The Morgan fingerprint density at radius 1 is 0.964 bits per heavy atom. The number of nitrogens with one attached hydrogen (secondary N) is 2. The highest BCUT2D eigenvalue weighted by Crippen LogP contribution is 2.12. The maximum absolute atomic E-state index is 12.6. The molecule has 0 saturated carbocycles. The van der Waals surface area contributed by atoms with Gasteiger partial charge in [0.2, 0.25) is 5.91 Å². The Kier molecular flexibility index (Phi) is 7.87. The van der Waals surface area contributed by atoms with Gasteiger partial charge in [0.25, 0.3) is 0 Å². The Bertz CT molecular complexity index is 758. The molecule has 0 spiro atoms. The Balaban J connectivity index is 1.85. The van der Waals surface area contributed by atoms with Crippen LogP contribution in [0.4, 0.5) is 10.5 Å². The van der Waals surface area contributed by atoms with Crippen molar-refractivity contribution in [1.29, 1.82) is 0 Å². The van der Waals surface area contributed by atoms with Gasteiger partial charge >= 0.3 is 6.09 Å². The fourth-order valence-electron chi connectivity index (χ4n) is 2.64. The van der Waals surface area contributed by atoms with E-state index in [2.05, 4.69) is 10.6 Å². The van der Waals surface area contributed by atoms with E-state index in [9.17, 15) is 9.59 Å². The number of alkyl carbamates (subject to hydrolysis) is 1. The van der Waals surface area contributed by atoms with E-state index in [0.717, 1.165) is 16.8 Å². The summed E-state index contributed by atoms with van der Waals surface area (Å²) in [7, 11) is 3.96. The van der Waals surface area contributed by atoms with E-state index < -0.39 is 12.1 Å². The Labute approximate surface area is 166 Å². The van der Waals surface area contributed by atoms with Gasteiger partial charge in [-0.1, -0.05) is 56.3 Å². The van der Waals surface area contributed by atoms with Crippen molar-refractivity contribution in [3.63, 3.8) is 0 Å². The highest BCUT2D eigenvalue weighted by atomic mass is 16.5. The average molecular weight is 383 g/mol. The molecule has 2 rings (SSSR count). The Hall–Kier alpha value is -3.02. The summed E-state index contributed by atoms with van der Waals surface area (Å²) in [5, 5.41) is 5.55. The first-order chi connectivity index (χ1) is 13.4. The maximum atomic E-state index is 12.6. The van der Waals surface area contributed by atoms with Crippen LogP contribution in [0, 0.1) is 5.92 Å². The van der Waals surface area contributed by atoms with E-state index in [0.29, 0.717) is 6.54 Å². The van der Waals surface area contributed by atoms with Gasteiger partial charge in [0.1, 0.15) is 12.6 Å². The molecule has 0 heterocycles. The fourth-order valence-corrected chi connectivity index (χ4v) is 2.64. The van der Waals surface area contributed by atoms with Crippen molar-refractivity contribution >= 4 is 17.7 Å². The second-order valence-corrected chi connectivity index (χ2v) is 7.21. The van der Waals surface area contributed by atoms with Gasteiger partial charge in [0.15, 0.2) is 0 Å². The minimum atomic E-state index is -0.663. The smallest absolute Gasteiger partial charge is 0.408 e. The number of hydrogen-bond donors (Lipinski definition) is 2. The second kappa shape index (κ2) is 10.3. The largest absolute Gasteiger partial charge is 0.445 e. The summed E-state index contributed by atoms with van der Waals surface area (Å²) in [5.41, 5.74) is 2.98.